The first-order chi connectivity index (χ1) is 10.2. The van der Waals surface area contributed by atoms with E-state index in [1.165, 1.54) is 32.8 Å². The normalized spacial score (nSPS) is 19.5. The molecule has 0 unspecified atom stereocenters. The number of nitrogens with one attached hydrogen (secondary N) is 1. The summed E-state index contributed by atoms with van der Waals surface area (Å²) in [7, 11) is 1.47. The zero-order valence-electron chi connectivity index (χ0n) is 13.8. The van der Waals surface area contributed by atoms with Crippen LogP contribution in [-0.2, 0) is 9.53 Å². The van der Waals surface area contributed by atoms with Crippen molar-refractivity contribution in [2.24, 2.45) is 16.8 Å². The summed E-state index contributed by atoms with van der Waals surface area (Å²) in [4.78, 5) is 18.6. The summed E-state index contributed by atoms with van der Waals surface area (Å²) >= 11 is 0. The first-order valence-corrected chi connectivity index (χ1v) is 8.35. The first-order valence-electron chi connectivity index (χ1n) is 8.35. The fraction of sp³-hybridized carbons (Fsp3) is 0.875. The molecule has 0 aromatic carbocycles. The Morgan fingerprint density at radius 3 is 2.50 bits per heavy atom. The van der Waals surface area contributed by atoms with Gasteiger partial charge in [0, 0.05) is 26.2 Å². The van der Waals surface area contributed by atoms with Crippen molar-refractivity contribution in [3.8, 4) is 0 Å². The number of ether oxygens (including phenoxy) is 1. The summed E-state index contributed by atoms with van der Waals surface area (Å²) in [5, 5.41) is 3.37. The van der Waals surface area contributed by atoms with Gasteiger partial charge in [-0.3, -0.25) is 9.79 Å². The minimum absolute atomic E-state index is 0. The highest BCUT2D eigenvalue weighted by Crippen LogP contribution is 2.33. The molecular weight excluding hydrogens is 393 g/mol. The Morgan fingerprint density at radius 2 is 1.95 bits per heavy atom. The lowest BCUT2D eigenvalue weighted by Crippen LogP contribution is -2.46. The molecule has 2 aliphatic rings. The number of hydrogen-bond donors (Lipinski definition) is 1. The third-order valence-corrected chi connectivity index (χ3v) is 4.39. The molecule has 1 saturated carbocycles. The van der Waals surface area contributed by atoms with E-state index in [-0.39, 0.29) is 35.9 Å². The lowest BCUT2D eigenvalue weighted by atomic mass is 9.97. The van der Waals surface area contributed by atoms with Crippen molar-refractivity contribution < 1.29 is 9.53 Å². The van der Waals surface area contributed by atoms with Crippen molar-refractivity contribution >= 4 is 35.9 Å². The number of rotatable bonds is 6. The monoisotopic (exact) mass is 423 g/mol. The Hall–Kier alpha value is -0.530. The minimum Gasteiger partial charge on any atom is -0.469 e. The number of aliphatic imine (C=N–C) groups is 1. The fourth-order valence-electron chi connectivity index (χ4n) is 2.89. The van der Waals surface area contributed by atoms with Crippen LogP contribution in [0.4, 0.5) is 0 Å². The quantitative estimate of drug-likeness (QED) is 0.235. The van der Waals surface area contributed by atoms with Crippen LogP contribution in [0.25, 0.3) is 0 Å². The number of hydrogen-bond acceptors (Lipinski definition) is 3. The molecule has 0 spiro atoms. The smallest absolute Gasteiger partial charge is 0.308 e. The van der Waals surface area contributed by atoms with Gasteiger partial charge in [-0.15, -0.1) is 24.0 Å². The number of guanidine groups is 1. The second-order valence-corrected chi connectivity index (χ2v) is 6.11. The van der Waals surface area contributed by atoms with Crippen molar-refractivity contribution in [1.29, 1.82) is 0 Å². The molecule has 2 fully saturated rings. The van der Waals surface area contributed by atoms with E-state index in [0.29, 0.717) is 0 Å². The van der Waals surface area contributed by atoms with Gasteiger partial charge in [-0.25, -0.2) is 0 Å². The maximum Gasteiger partial charge on any atom is 0.308 e. The Morgan fingerprint density at radius 1 is 1.27 bits per heavy atom. The molecule has 6 heteroatoms. The highest BCUT2D eigenvalue weighted by atomic mass is 127. The SMILES string of the molecule is CCNC(=NCCCC1CC1)N1CCC(C(=O)OC)CC1.I. The average molecular weight is 423 g/mol. The van der Waals surface area contributed by atoms with Crippen LogP contribution in [0.2, 0.25) is 0 Å². The van der Waals surface area contributed by atoms with E-state index >= 15 is 0 Å². The number of likely N-dealkylation sites (tertiary alicyclic amines) is 1. The van der Waals surface area contributed by atoms with Gasteiger partial charge >= 0.3 is 5.97 Å². The number of carbonyl (C=O) groups is 1. The Balaban J connectivity index is 0.00000242. The molecule has 0 amide bonds. The highest BCUT2D eigenvalue weighted by Gasteiger charge is 2.27. The average Bonchev–Trinajstić information content (AvgIpc) is 3.34. The zero-order chi connectivity index (χ0) is 15.1. The van der Waals surface area contributed by atoms with Gasteiger partial charge in [0.25, 0.3) is 0 Å². The van der Waals surface area contributed by atoms with Crippen LogP contribution in [-0.4, -0.2) is 50.1 Å². The van der Waals surface area contributed by atoms with Crippen LogP contribution >= 0.6 is 24.0 Å². The van der Waals surface area contributed by atoms with Crippen LogP contribution < -0.4 is 5.32 Å². The van der Waals surface area contributed by atoms with Crippen LogP contribution in [0.5, 0.6) is 0 Å². The molecule has 1 saturated heterocycles. The number of nitrogens with zero attached hydrogens (tertiary/aromatic N) is 2. The van der Waals surface area contributed by atoms with E-state index in [4.69, 9.17) is 9.73 Å². The third kappa shape index (κ3) is 6.30. The molecule has 1 aliphatic carbocycles. The largest absolute Gasteiger partial charge is 0.469 e. The predicted octanol–water partition coefficient (Wildman–Crippen LogP) is 2.65. The van der Waals surface area contributed by atoms with Crippen LogP contribution in [0, 0.1) is 11.8 Å². The molecular formula is C16H30IN3O2. The van der Waals surface area contributed by atoms with E-state index in [1.54, 1.807) is 0 Å². The molecule has 2 rings (SSSR count). The molecule has 0 bridgehead atoms. The van der Waals surface area contributed by atoms with Crippen LogP contribution in [0.1, 0.15) is 45.4 Å². The highest BCUT2D eigenvalue weighted by molar-refractivity contribution is 14.0. The van der Waals surface area contributed by atoms with Gasteiger partial charge in [-0.05, 0) is 38.5 Å². The van der Waals surface area contributed by atoms with Gasteiger partial charge in [0.05, 0.1) is 13.0 Å². The first kappa shape index (κ1) is 19.5. The lowest BCUT2D eigenvalue weighted by Gasteiger charge is -2.33. The fourth-order valence-corrected chi connectivity index (χ4v) is 2.89. The summed E-state index contributed by atoms with van der Waals surface area (Å²) < 4.78 is 4.84. The van der Waals surface area contributed by atoms with Crippen molar-refractivity contribution in [2.75, 3.05) is 33.3 Å². The Labute approximate surface area is 151 Å². The lowest BCUT2D eigenvalue weighted by molar-refractivity contribution is -0.146. The summed E-state index contributed by atoms with van der Waals surface area (Å²) in [5.74, 6) is 1.99. The summed E-state index contributed by atoms with van der Waals surface area (Å²) in [6.07, 6.45) is 7.08. The maximum atomic E-state index is 11.6. The maximum absolute atomic E-state index is 11.6. The molecule has 128 valence electrons. The van der Waals surface area contributed by atoms with Gasteiger partial charge in [0.15, 0.2) is 5.96 Å². The van der Waals surface area contributed by atoms with Crippen molar-refractivity contribution in [3.63, 3.8) is 0 Å². The number of methoxy groups -OCH3 is 1. The third-order valence-electron chi connectivity index (χ3n) is 4.39. The van der Waals surface area contributed by atoms with Crippen LogP contribution in [0.15, 0.2) is 4.99 Å². The van der Waals surface area contributed by atoms with Gasteiger partial charge in [0.2, 0.25) is 0 Å². The molecule has 1 N–H and O–H groups in total. The number of piperidine rings is 1. The summed E-state index contributed by atoms with van der Waals surface area (Å²) in [6, 6.07) is 0. The molecule has 5 nitrogen and oxygen atoms in total. The molecule has 1 heterocycles. The molecule has 0 aromatic rings. The van der Waals surface area contributed by atoms with Crippen molar-refractivity contribution in [3.05, 3.63) is 0 Å². The molecule has 1 aliphatic heterocycles. The van der Waals surface area contributed by atoms with E-state index < -0.39 is 0 Å². The number of halogens is 1. The molecule has 0 radical (unpaired) electrons. The number of carbonyl (C=O) groups excluding carboxylic acids is 1. The standard InChI is InChI=1S/C16H29N3O2.HI/c1-3-17-16(18-10-4-5-13-6-7-13)19-11-8-14(9-12-19)15(20)21-2;/h13-14H,3-12H2,1-2H3,(H,17,18);1H. The second-order valence-electron chi connectivity index (χ2n) is 6.11. The van der Waals surface area contributed by atoms with Gasteiger partial charge in [-0.2, -0.15) is 0 Å². The summed E-state index contributed by atoms with van der Waals surface area (Å²) in [6.45, 7) is 5.66. The second kappa shape index (κ2) is 10.3. The van der Waals surface area contributed by atoms with Crippen molar-refractivity contribution in [1.82, 2.24) is 10.2 Å². The number of esters is 1. The van der Waals surface area contributed by atoms with E-state index in [2.05, 4.69) is 17.1 Å². The Bertz CT molecular complexity index is 364. The zero-order valence-corrected chi connectivity index (χ0v) is 16.2. The minimum atomic E-state index is -0.0685. The van der Waals surface area contributed by atoms with E-state index in [9.17, 15) is 4.79 Å². The van der Waals surface area contributed by atoms with Crippen LogP contribution in [0.3, 0.4) is 0 Å². The van der Waals surface area contributed by atoms with Gasteiger partial charge in [0.1, 0.15) is 0 Å². The predicted molar refractivity (Wildman–Crippen MR) is 99.7 cm³/mol. The van der Waals surface area contributed by atoms with Crippen molar-refractivity contribution in [2.45, 2.75) is 45.4 Å². The van der Waals surface area contributed by atoms with E-state index in [0.717, 1.165) is 50.9 Å². The topological polar surface area (TPSA) is 53.9 Å². The van der Waals surface area contributed by atoms with Gasteiger partial charge < -0.3 is 15.0 Å². The molecule has 22 heavy (non-hydrogen) atoms. The van der Waals surface area contributed by atoms with E-state index in [1.807, 2.05) is 0 Å². The summed E-state index contributed by atoms with van der Waals surface area (Å²) in [5.41, 5.74) is 0. The Kier molecular flexibility index (Phi) is 9.12. The molecule has 0 atom stereocenters. The molecule has 0 aromatic heterocycles. The van der Waals surface area contributed by atoms with Gasteiger partial charge in [-0.1, -0.05) is 12.8 Å².